The number of ether oxygens (including phenoxy) is 1. The average molecular weight is 218 g/mol. The summed E-state index contributed by atoms with van der Waals surface area (Å²) in [6.07, 6.45) is -0.0748. The number of nitrogens with zero attached hydrogens (tertiary/aromatic N) is 1. The number of halogens is 1. The zero-order valence-corrected chi connectivity index (χ0v) is 9.55. The number of likely N-dealkylation sites (tertiary alicyclic amines) is 1. The van der Waals surface area contributed by atoms with E-state index in [1.165, 1.54) is 4.90 Å². The highest BCUT2D eigenvalue weighted by atomic mass is 19.1. The van der Waals surface area contributed by atoms with Gasteiger partial charge in [0, 0.05) is 13.1 Å². The fraction of sp³-hybridized carbons (Fsp3) is 0.900. The smallest absolute Gasteiger partial charge is 0.410 e. The average Bonchev–Trinajstić information content (AvgIpc) is 1.96. The first-order valence-electron chi connectivity index (χ1n) is 5.09. The van der Waals surface area contributed by atoms with Gasteiger partial charge in [-0.3, -0.25) is 4.39 Å². The van der Waals surface area contributed by atoms with Crippen LogP contribution < -0.4 is 5.73 Å². The number of carbonyl (C=O) groups excluding carboxylic acids is 1. The minimum atomic E-state index is -0.550. The van der Waals surface area contributed by atoms with E-state index in [0.717, 1.165) is 0 Å². The Hall–Kier alpha value is -0.840. The number of hydrogen-bond acceptors (Lipinski definition) is 3. The molecule has 0 spiro atoms. The van der Waals surface area contributed by atoms with Gasteiger partial charge in [-0.1, -0.05) is 0 Å². The predicted octanol–water partition coefficient (Wildman–Crippen LogP) is 1.29. The first-order chi connectivity index (χ1) is 6.76. The second-order valence-corrected chi connectivity index (χ2v) is 5.14. The third kappa shape index (κ3) is 3.34. The molecule has 0 aliphatic carbocycles. The maximum atomic E-state index is 12.1. The fourth-order valence-corrected chi connectivity index (χ4v) is 1.52. The lowest BCUT2D eigenvalue weighted by molar-refractivity contribution is -0.0106. The number of carbonyl (C=O) groups is 1. The van der Waals surface area contributed by atoms with E-state index < -0.39 is 17.8 Å². The lowest BCUT2D eigenvalue weighted by Crippen LogP contribution is -2.69. The summed E-state index contributed by atoms with van der Waals surface area (Å²) in [5.74, 6) is 0. The highest BCUT2D eigenvalue weighted by molar-refractivity contribution is 5.69. The first kappa shape index (κ1) is 12.2. The molecule has 0 aromatic heterocycles. The number of nitrogens with two attached hydrogens (primary N) is 1. The molecule has 0 atom stereocenters. The van der Waals surface area contributed by atoms with Gasteiger partial charge in [0.15, 0.2) is 0 Å². The summed E-state index contributed by atoms with van der Waals surface area (Å²) in [6, 6.07) is 0. The highest BCUT2D eigenvalue weighted by Crippen LogP contribution is 2.24. The van der Waals surface area contributed by atoms with Gasteiger partial charge in [0.05, 0.1) is 12.2 Å². The third-order valence-corrected chi connectivity index (χ3v) is 2.26. The van der Waals surface area contributed by atoms with Crippen LogP contribution >= 0.6 is 0 Å². The van der Waals surface area contributed by atoms with Gasteiger partial charge < -0.3 is 15.4 Å². The Bertz CT molecular complexity index is 244. The monoisotopic (exact) mass is 218 g/mol. The Morgan fingerprint density at radius 3 is 2.47 bits per heavy atom. The Kier molecular flexibility index (Phi) is 3.23. The van der Waals surface area contributed by atoms with Gasteiger partial charge in [0.1, 0.15) is 5.60 Å². The van der Waals surface area contributed by atoms with Gasteiger partial charge in [0.2, 0.25) is 0 Å². The molecule has 1 heterocycles. The molecular weight excluding hydrogens is 199 g/mol. The van der Waals surface area contributed by atoms with E-state index in [1.807, 2.05) is 20.8 Å². The molecule has 1 rings (SSSR count). The van der Waals surface area contributed by atoms with Crippen LogP contribution in [0.2, 0.25) is 0 Å². The molecule has 1 aliphatic heterocycles. The second kappa shape index (κ2) is 3.96. The van der Waals surface area contributed by atoms with Crippen molar-refractivity contribution in [1.82, 2.24) is 4.90 Å². The summed E-state index contributed by atoms with van der Waals surface area (Å²) in [5.41, 5.74) is 4.77. The van der Waals surface area contributed by atoms with Crippen molar-refractivity contribution in [3.05, 3.63) is 0 Å². The first-order valence-corrected chi connectivity index (χ1v) is 5.09. The van der Waals surface area contributed by atoms with Crippen molar-refractivity contribution in [3.63, 3.8) is 0 Å². The highest BCUT2D eigenvalue weighted by Gasteiger charge is 2.43. The maximum Gasteiger partial charge on any atom is 0.410 e. The molecule has 4 nitrogen and oxygen atoms in total. The van der Waals surface area contributed by atoms with Crippen LogP contribution in [0.1, 0.15) is 27.2 Å². The molecule has 88 valence electrons. The molecule has 1 aliphatic rings. The molecular formula is C10H19FN2O2. The Balaban J connectivity index is 2.35. The molecule has 1 saturated heterocycles. The molecule has 2 N–H and O–H groups in total. The third-order valence-electron chi connectivity index (χ3n) is 2.26. The quantitative estimate of drug-likeness (QED) is 0.760. The minimum absolute atomic E-state index is 0.298. The van der Waals surface area contributed by atoms with Crippen LogP contribution in [0.5, 0.6) is 0 Å². The van der Waals surface area contributed by atoms with Crippen LogP contribution in [0.3, 0.4) is 0 Å². The Morgan fingerprint density at radius 2 is 2.07 bits per heavy atom. The van der Waals surface area contributed by atoms with Crippen LogP contribution in [0.4, 0.5) is 9.18 Å². The molecule has 0 aromatic carbocycles. The minimum Gasteiger partial charge on any atom is -0.444 e. The van der Waals surface area contributed by atoms with Crippen molar-refractivity contribution in [2.75, 3.05) is 19.8 Å². The zero-order valence-electron chi connectivity index (χ0n) is 9.55. The largest absolute Gasteiger partial charge is 0.444 e. The van der Waals surface area contributed by atoms with E-state index in [2.05, 4.69) is 0 Å². The summed E-state index contributed by atoms with van der Waals surface area (Å²) in [5, 5.41) is 0. The van der Waals surface area contributed by atoms with E-state index in [1.54, 1.807) is 0 Å². The number of alkyl halides is 1. The van der Waals surface area contributed by atoms with Gasteiger partial charge in [-0.25, -0.2) is 4.79 Å². The van der Waals surface area contributed by atoms with E-state index in [4.69, 9.17) is 10.5 Å². The Morgan fingerprint density at radius 1 is 1.53 bits per heavy atom. The molecule has 5 heteroatoms. The molecule has 0 saturated carbocycles. The maximum absolute atomic E-state index is 12.1. The molecule has 1 fully saturated rings. The number of hydrogen-bond donors (Lipinski definition) is 1. The zero-order chi connectivity index (χ0) is 11.7. The summed E-state index contributed by atoms with van der Waals surface area (Å²) in [6.45, 7) is 5.74. The van der Waals surface area contributed by atoms with Crippen molar-refractivity contribution < 1.29 is 13.9 Å². The molecule has 0 aromatic rings. The van der Waals surface area contributed by atoms with E-state index in [0.29, 0.717) is 19.5 Å². The summed E-state index contributed by atoms with van der Waals surface area (Å²) in [4.78, 5) is 13.0. The van der Waals surface area contributed by atoms with Crippen LogP contribution in [0.25, 0.3) is 0 Å². The van der Waals surface area contributed by atoms with Crippen molar-refractivity contribution in [3.8, 4) is 0 Å². The van der Waals surface area contributed by atoms with Crippen LogP contribution in [0, 0.1) is 0 Å². The second-order valence-electron chi connectivity index (χ2n) is 5.14. The molecule has 1 amide bonds. The van der Waals surface area contributed by atoms with E-state index in [-0.39, 0.29) is 6.09 Å². The van der Waals surface area contributed by atoms with Gasteiger partial charge >= 0.3 is 6.09 Å². The van der Waals surface area contributed by atoms with Crippen LogP contribution in [-0.4, -0.2) is 41.9 Å². The summed E-state index contributed by atoms with van der Waals surface area (Å²) >= 11 is 0. The summed E-state index contributed by atoms with van der Waals surface area (Å²) < 4.78 is 17.2. The number of rotatable bonds is 2. The molecule has 0 radical (unpaired) electrons. The van der Waals surface area contributed by atoms with Crippen molar-refractivity contribution in [2.24, 2.45) is 5.73 Å². The predicted molar refractivity (Wildman–Crippen MR) is 55.3 cm³/mol. The van der Waals surface area contributed by atoms with Crippen LogP contribution in [0.15, 0.2) is 0 Å². The topological polar surface area (TPSA) is 55.6 Å². The lowest BCUT2D eigenvalue weighted by Gasteiger charge is -2.47. The van der Waals surface area contributed by atoms with Gasteiger partial charge in [-0.05, 0) is 27.2 Å². The van der Waals surface area contributed by atoms with Crippen molar-refractivity contribution in [2.45, 2.75) is 38.3 Å². The summed E-state index contributed by atoms with van der Waals surface area (Å²) in [7, 11) is 0. The number of amides is 1. The lowest BCUT2D eigenvalue weighted by atomic mass is 9.88. The van der Waals surface area contributed by atoms with Crippen molar-refractivity contribution in [1.29, 1.82) is 0 Å². The van der Waals surface area contributed by atoms with Gasteiger partial charge in [-0.15, -0.1) is 0 Å². The fourth-order valence-electron chi connectivity index (χ4n) is 1.52. The standard InChI is InChI=1S/C10H19FN2O2/c1-9(2,3)15-8(14)13-6-10(12,7-13)4-5-11/h4-7,12H2,1-3H3. The normalized spacial score (nSPS) is 19.7. The van der Waals surface area contributed by atoms with E-state index in [9.17, 15) is 9.18 Å². The molecule has 0 bridgehead atoms. The molecule has 15 heavy (non-hydrogen) atoms. The SMILES string of the molecule is CC(C)(C)OC(=O)N1CC(N)(CCF)C1. The van der Waals surface area contributed by atoms with Crippen molar-refractivity contribution >= 4 is 6.09 Å². The van der Waals surface area contributed by atoms with Gasteiger partial charge in [0.25, 0.3) is 0 Å². The molecule has 0 unspecified atom stereocenters. The van der Waals surface area contributed by atoms with E-state index >= 15 is 0 Å². The van der Waals surface area contributed by atoms with Gasteiger partial charge in [-0.2, -0.15) is 0 Å². The Labute approximate surface area is 89.6 Å². The van der Waals surface area contributed by atoms with Crippen LogP contribution in [-0.2, 0) is 4.74 Å².